The molecule has 1 saturated heterocycles. The Balaban J connectivity index is 2.10. The van der Waals surface area contributed by atoms with Crippen LogP contribution in [0.3, 0.4) is 0 Å². The SMILES string of the molecule is CCC1(CC)C(=O)NC1Oc1ccccc1. The monoisotopic (exact) mass is 219 g/mol. The quantitative estimate of drug-likeness (QED) is 0.789. The topological polar surface area (TPSA) is 38.3 Å². The second kappa shape index (κ2) is 4.16. The van der Waals surface area contributed by atoms with Gasteiger partial charge in [-0.05, 0) is 25.0 Å². The maximum atomic E-state index is 11.6. The first-order chi connectivity index (χ1) is 7.73. The van der Waals surface area contributed by atoms with Crippen LogP contribution in [0.15, 0.2) is 30.3 Å². The van der Waals surface area contributed by atoms with Crippen LogP contribution >= 0.6 is 0 Å². The van der Waals surface area contributed by atoms with Crippen molar-refractivity contribution in [3.05, 3.63) is 30.3 Å². The van der Waals surface area contributed by atoms with Gasteiger partial charge in [0.1, 0.15) is 11.2 Å². The average molecular weight is 219 g/mol. The molecule has 1 heterocycles. The summed E-state index contributed by atoms with van der Waals surface area (Å²) in [7, 11) is 0. The molecule has 1 aromatic carbocycles. The van der Waals surface area contributed by atoms with Crippen molar-refractivity contribution in [3.8, 4) is 5.75 Å². The van der Waals surface area contributed by atoms with E-state index < -0.39 is 0 Å². The third kappa shape index (κ3) is 1.56. The van der Waals surface area contributed by atoms with E-state index in [-0.39, 0.29) is 17.6 Å². The molecule has 0 spiro atoms. The first kappa shape index (κ1) is 11.0. The first-order valence-electron chi connectivity index (χ1n) is 5.75. The number of carbonyl (C=O) groups is 1. The number of carbonyl (C=O) groups excluding carboxylic acids is 1. The van der Waals surface area contributed by atoms with Gasteiger partial charge < -0.3 is 10.1 Å². The summed E-state index contributed by atoms with van der Waals surface area (Å²) in [4.78, 5) is 11.6. The highest BCUT2D eigenvalue weighted by molar-refractivity contribution is 5.89. The summed E-state index contributed by atoms with van der Waals surface area (Å²) in [6, 6.07) is 9.60. The van der Waals surface area contributed by atoms with Crippen LogP contribution < -0.4 is 10.1 Å². The van der Waals surface area contributed by atoms with E-state index in [0.29, 0.717) is 0 Å². The molecule has 0 aliphatic carbocycles. The van der Waals surface area contributed by atoms with Gasteiger partial charge in [-0.15, -0.1) is 0 Å². The van der Waals surface area contributed by atoms with Crippen LogP contribution in [0.5, 0.6) is 5.75 Å². The van der Waals surface area contributed by atoms with Gasteiger partial charge in [-0.3, -0.25) is 4.79 Å². The number of nitrogens with one attached hydrogen (secondary N) is 1. The van der Waals surface area contributed by atoms with Gasteiger partial charge in [-0.2, -0.15) is 0 Å². The number of hydrogen-bond acceptors (Lipinski definition) is 2. The Hall–Kier alpha value is -1.51. The summed E-state index contributed by atoms with van der Waals surface area (Å²) in [5.74, 6) is 0.914. The summed E-state index contributed by atoms with van der Waals surface area (Å²) in [5.41, 5.74) is -0.337. The minimum absolute atomic E-state index is 0.110. The summed E-state index contributed by atoms with van der Waals surface area (Å²) in [6.45, 7) is 4.06. The van der Waals surface area contributed by atoms with Gasteiger partial charge in [0.05, 0.1) is 0 Å². The van der Waals surface area contributed by atoms with Gasteiger partial charge >= 0.3 is 0 Å². The summed E-state index contributed by atoms with van der Waals surface area (Å²) >= 11 is 0. The minimum atomic E-state index is -0.337. The molecule has 1 fully saturated rings. The molecule has 3 heteroatoms. The Morgan fingerprint density at radius 3 is 2.38 bits per heavy atom. The molecule has 0 aromatic heterocycles. The minimum Gasteiger partial charge on any atom is -0.470 e. The van der Waals surface area contributed by atoms with Crippen molar-refractivity contribution >= 4 is 5.91 Å². The maximum Gasteiger partial charge on any atom is 0.234 e. The van der Waals surface area contributed by atoms with Gasteiger partial charge in [-0.25, -0.2) is 0 Å². The van der Waals surface area contributed by atoms with E-state index in [0.717, 1.165) is 18.6 Å². The smallest absolute Gasteiger partial charge is 0.234 e. The molecular formula is C13H17NO2. The van der Waals surface area contributed by atoms with Gasteiger partial charge in [-0.1, -0.05) is 32.0 Å². The highest BCUT2D eigenvalue weighted by Gasteiger charge is 2.54. The van der Waals surface area contributed by atoms with Crippen LogP contribution in [0.1, 0.15) is 26.7 Å². The third-order valence-corrected chi connectivity index (χ3v) is 3.48. The fraction of sp³-hybridized carbons (Fsp3) is 0.462. The number of rotatable bonds is 4. The van der Waals surface area contributed by atoms with E-state index in [1.165, 1.54) is 0 Å². The zero-order chi connectivity index (χ0) is 11.6. The zero-order valence-corrected chi connectivity index (χ0v) is 9.69. The van der Waals surface area contributed by atoms with Crippen LogP contribution in [0, 0.1) is 5.41 Å². The highest BCUT2D eigenvalue weighted by Crippen LogP contribution is 2.39. The zero-order valence-electron chi connectivity index (χ0n) is 9.69. The Bertz CT molecular complexity index is 371. The molecule has 1 aliphatic heterocycles. The third-order valence-electron chi connectivity index (χ3n) is 3.48. The molecule has 0 saturated carbocycles. The van der Waals surface area contributed by atoms with Crippen molar-refractivity contribution in [2.24, 2.45) is 5.41 Å². The van der Waals surface area contributed by atoms with Crippen LogP contribution in [0.25, 0.3) is 0 Å². The summed E-state index contributed by atoms with van der Waals surface area (Å²) in [5, 5.41) is 2.82. The van der Waals surface area contributed by atoms with Crippen LogP contribution in [-0.4, -0.2) is 12.1 Å². The fourth-order valence-electron chi connectivity index (χ4n) is 2.16. The van der Waals surface area contributed by atoms with Gasteiger partial charge in [0.15, 0.2) is 6.23 Å². The molecule has 1 amide bonds. The molecule has 16 heavy (non-hydrogen) atoms. The highest BCUT2D eigenvalue weighted by atomic mass is 16.5. The number of ether oxygens (including phenoxy) is 1. The van der Waals surface area contributed by atoms with Crippen LogP contribution in [0.2, 0.25) is 0 Å². The molecule has 0 bridgehead atoms. The molecule has 1 unspecified atom stereocenters. The predicted molar refractivity (Wildman–Crippen MR) is 62.0 cm³/mol. The Morgan fingerprint density at radius 1 is 1.25 bits per heavy atom. The lowest BCUT2D eigenvalue weighted by Gasteiger charge is -2.47. The standard InChI is InChI=1S/C13H17NO2/c1-3-13(4-2)11(15)14-12(13)16-10-8-6-5-7-9-10/h5-9,12H,3-4H2,1-2H3,(H,14,15). The molecule has 1 aliphatic rings. The maximum absolute atomic E-state index is 11.6. The Labute approximate surface area is 95.8 Å². The van der Waals surface area contributed by atoms with E-state index in [4.69, 9.17) is 4.74 Å². The summed E-state index contributed by atoms with van der Waals surface area (Å²) in [6.07, 6.45) is 1.44. The molecule has 86 valence electrons. The fourth-order valence-corrected chi connectivity index (χ4v) is 2.16. The number of para-hydroxylation sites is 1. The van der Waals surface area contributed by atoms with E-state index in [2.05, 4.69) is 5.32 Å². The predicted octanol–water partition coefficient (Wildman–Crippen LogP) is 2.33. The molecular weight excluding hydrogens is 202 g/mol. The molecule has 1 atom stereocenters. The van der Waals surface area contributed by atoms with Crippen molar-refractivity contribution < 1.29 is 9.53 Å². The Morgan fingerprint density at radius 2 is 1.88 bits per heavy atom. The van der Waals surface area contributed by atoms with Gasteiger partial charge in [0.25, 0.3) is 0 Å². The van der Waals surface area contributed by atoms with E-state index >= 15 is 0 Å². The first-order valence-corrected chi connectivity index (χ1v) is 5.75. The number of benzene rings is 1. The van der Waals surface area contributed by atoms with Crippen molar-refractivity contribution in [2.45, 2.75) is 32.9 Å². The normalized spacial score (nSPS) is 22.1. The van der Waals surface area contributed by atoms with Crippen molar-refractivity contribution in [1.29, 1.82) is 0 Å². The number of β-lactam (4-membered cyclic amide) rings is 1. The largest absolute Gasteiger partial charge is 0.470 e. The number of amides is 1. The molecule has 0 radical (unpaired) electrons. The molecule has 3 nitrogen and oxygen atoms in total. The van der Waals surface area contributed by atoms with Crippen LogP contribution in [-0.2, 0) is 4.79 Å². The summed E-state index contributed by atoms with van der Waals surface area (Å²) < 4.78 is 5.79. The van der Waals surface area contributed by atoms with Crippen molar-refractivity contribution in [2.75, 3.05) is 0 Å². The average Bonchev–Trinajstić information content (AvgIpc) is 2.32. The van der Waals surface area contributed by atoms with Crippen molar-refractivity contribution in [3.63, 3.8) is 0 Å². The lowest BCUT2D eigenvalue weighted by atomic mass is 9.73. The van der Waals surface area contributed by atoms with E-state index in [1.54, 1.807) is 0 Å². The van der Waals surface area contributed by atoms with Gasteiger partial charge in [0.2, 0.25) is 5.91 Å². The molecule has 1 aromatic rings. The van der Waals surface area contributed by atoms with E-state index in [9.17, 15) is 4.79 Å². The van der Waals surface area contributed by atoms with Crippen molar-refractivity contribution in [1.82, 2.24) is 5.32 Å². The lowest BCUT2D eigenvalue weighted by Crippen LogP contribution is -2.69. The van der Waals surface area contributed by atoms with E-state index in [1.807, 2.05) is 44.2 Å². The Kier molecular flexibility index (Phi) is 2.86. The van der Waals surface area contributed by atoms with Gasteiger partial charge in [0, 0.05) is 0 Å². The van der Waals surface area contributed by atoms with Crippen LogP contribution in [0.4, 0.5) is 0 Å². The second-order valence-electron chi connectivity index (χ2n) is 4.15. The second-order valence-corrected chi connectivity index (χ2v) is 4.15. The molecule has 1 N–H and O–H groups in total. The number of hydrogen-bond donors (Lipinski definition) is 1. The molecule has 2 rings (SSSR count). The lowest BCUT2D eigenvalue weighted by molar-refractivity contribution is -0.161.